The zero-order valence-electron chi connectivity index (χ0n) is 15.2. The van der Waals surface area contributed by atoms with Crippen LogP contribution < -0.4 is 14.4 Å². The Balaban J connectivity index is 1.46. The van der Waals surface area contributed by atoms with Crippen molar-refractivity contribution >= 4 is 48.7 Å². The van der Waals surface area contributed by atoms with Crippen molar-refractivity contribution in [3.63, 3.8) is 0 Å². The first-order chi connectivity index (χ1) is 13.1. The molecule has 0 bridgehead atoms. The molecule has 3 N–H and O–H groups in total. The third kappa shape index (κ3) is 3.69. The second-order valence-corrected chi connectivity index (χ2v) is 7.95. The van der Waals surface area contributed by atoms with Gasteiger partial charge in [-0.3, -0.25) is 0 Å². The molecular formula is C22H23AsN2O2. The van der Waals surface area contributed by atoms with Crippen molar-refractivity contribution in [2.24, 2.45) is 0 Å². The summed E-state index contributed by atoms with van der Waals surface area (Å²) in [5.74, 6) is 0.916. The van der Waals surface area contributed by atoms with Crippen LogP contribution >= 0.6 is 0 Å². The summed E-state index contributed by atoms with van der Waals surface area (Å²) < 4.78 is 7.22. The van der Waals surface area contributed by atoms with Crippen molar-refractivity contribution in [2.75, 3.05) is 18.5 Å². The first kappa shape index (κ1) is 18.0. The van der Waals surface area contributed by atoms with E-state index in [1.165, 1.54) is 15.1 Å². The van der Waals surface area contributed by atoms with Gasteiger partial charge < -0.3 is 0 Å². The van der Waals surface area contributed by atoms with Gasteiger partial charge >= 0.3 is 167 Å². The predicted molar refractivity (Wildman–Crippen MR) is 115 cm³/mol. The summed E-state index contributed by atoms with van der Waals surface area (Å²) in [5, 5.41) is 15.7. The molecule has 0 aliphatic rings. The van der Waals surface area contributed by atoms with Gasteiger partial charge in [0.2, 0.25) is 0 Å². The molecule has 5 heteroatoms. The number of H-pyrrole nitrogens is 1. The Bertz CT molecular complexity index is 1090. The number of benzene rings is 3. The van der Waals surface area contributed by atoms with Crippen LogP contribution in [-0.2, 0) is 0 Å². The Morgan fingerprint density at radius 2 is 1.81 bits per heavy atom. The van der Waals surface area contributed by atoms with Crippen molar-refractivity contribution in [1.29, 1.82) is 0 Å². The molecule has 0 fully saturated rings. The Morgan fingerprint density at radius 1 is 1.04 bits per heavy atom. The van der Waals surface area contributed by atoms with Gasteiger partial charge in [-0.2, -0.15) is 0 Å². The summed E-state index contributed by atoms with van der Waals surface area (Å²) in [6.45, 7) is 3.00. The van der Waals surface area contributed by atoms with Crippen molar-refractivity contribution in [1.82, 2.24) is 4.98 Å². The van der Waals surface area contributed by atoms with Crippen molar-refractivity contribution in [2.45, 2.75) is 13.0 Å². The number of hydrogen-bond donors (Lipinski definition) is 3. The third-order valence-electron chi connectivity index (χ3n) is 4.72. The quantitative estimate of drug-likeness (QED) is 0.331. The SMILES string of the molecule is CC(O)c1ccccc1NCCOc1cc2[nH]c3ccccc3c2cc1[AsH2]. The van der Waals surface area contributed by atoms with Gasteiger partial charge in [-0.25, -0.2) is 0 Å². The summed E-state index contributed by atoms with van der Waals surface area (Å²) in [4.78, 5) is 3.47. The van der Waals surface area contributed by atoms with Gasteiger partial charge in [0.25, 0.3) is 0 Å². The van der Waals surface area contributed by atoms with Crippen molar-refractivity contribution < 1.29 is 9.84 Å². The van der Waals surface area contributed by atoms with Crippen LogP contribution in [0.2, 0.25) is 0 Å². The molecule has 0 amide bonds. The minimum atomic E-state index is -0.496. The number of hydrogen-bond acceptors (Lipinski definition) is 3. The second kappa shape index (κ2) is 7.67. The monoisotopic (exact) mass is 422 g/mol. The number of aromatic amines is 1. The molecule has 0 spiro atoms. The molecule has 2 atom stereocenters. The number of nitrogens with one attached hydrogen (secondary N) is 2. The van der Waals surface area contributed by atoms with E-state index in [4.69, 9.17) is 4.74 Å². The standard InChI is InChI=1S/C22H23AsN2O2/c1-14(26)15-6-2-4-8-19(15)24-10-11-27-22-13-21-17(12-18(22)23)16-7-3-5-9-20(16)25-21/h2-9,12-14,24-26H,10-11,23H2,1H3. The molecule has 3 aromatic carbocycles. The van der Waals surface area contributed by atoms with Crippen LogP contribution in [0.5, 0.6) is 5.75 Å². The van der Waals surface area contributed by atoms with Gasteiger partial charge in [-0.1, -0.05) is 0 Å². The van der Waals surface area contributed by atoms with Gasteiger partial charge in [-0.15, -0.1) is 0 Å². The van der Waals surface area contributed by atoms with Gasteiger partial charge in [0.15, 0.2) is 0 Å². The van der Waals surface area contributed by atoms with Crippen LogP contribution in [-0.4, -0.2) is 40.1 Å². The number of anilines is 1. The molecule has 138 valence electrons. The van der Waals surface area contributed by atoms with E-state index in [1.807, 2.05) is 30.3 Å². The van der Waals surface area contributed by atoms with E-state index in [2.05, 4.69) is 40.6 Å². The number of aliphatic hydroxyl groups excluding tert-OH is 1. The Morgan fingerprint density at radius 3 is 2.67 bits per heavy atom. The Labute approximate surface area is 167 Å². The fourth-order valence-corrected chi connectivity index (χ4v) is 4.09. The van der Waals surface area contributed by atoms with E-state index in [0.29, 0.717) is 13.2 Å². The van der Waals surface area contributed by atoms with Crippen LogP contribution in [0.3, 0.4) is 0 Å². The normalized spacial score (nSPS) is 12.4. The average molecular weight is 422 g/mol. The number of fused-ring (bicyclic) bond motifs is 3. The molecule has 0 saturated heterocycles. The summed E-state index contributed by atoms with van der Waals surface area (Å²) in [6.07, 6.45) is -0.496. The van der Waals surface area contributed by atoms with Crippen molar-refractivity contribution in [3.8, 4) is 5.75 Å². The van der Waals surface area contributed by atoms with E-state index in [9.17, 15) is 5.11 Å². The van der Waals surface area contributed by atoms with Gasteiger partial charge in [0.05, 0.1) is 0 Å². The molecular weight excluding hydrogens is 399 g/mol. The molecule has 1 aromatic heterocycles. The second-order valence-electron chi connectivity index (χ2n) is 6.64. The van der Waals surface area contributed by atoms with Crippen molar-refractivity contribution in [3.05, 3.63) is 66.2 Å². The van der Waals surface area contributed by atoms with Gasteiger partial charge in [0.1, 0.15) is 0 Å². The molecule has 1 heterocycles. The van der Waals surface area contributed by atoms with Crippen LogP contribution in [0.15, 0.2) is 60.7 Å². The minimum absolute atomic E-state index is 0.496. The van der Waals surface area contributed by atoms with E-state index < -0.39 is 6.10 Å². The summed E-state index contributed by atoms with van der Waals surface area (Å²) in [5.41, 5.74) is 4.09. The summed E-state index contributed by atoms with van der Waals surface area (Å²) >= 11 is 1.56. The van der Waals surface area contributed by atoms with Crippen LogP contribution in [0.1, 0.15) is 18.6 Å². The van der Waals surface area contributed by atoms with E-state index in [-0.39, 0.29) is 0 Å². The molecule has 2 unspecified atom stereocenters. The molecule has 0 aliphatic carbocycles. The van der Waals surface area contributed by atoms with Gasteiger partial charge in [0, 0.05) is 0 Å². The predicted octanol–water partition coefficient (Wildman–Crippen LogP) is 3.12. The maximum atomic E-state index is 9.86. The zero-order chi connectivity index (χ0) is 18.8. The third-order valence-corrected chi connectivity index (χ3v) is 5.67. The molecule has 4 aromatic rings. The van der Waals surface area contributed by atoms with Crippen LogP contribution in [0.4, 0.5) is 5.69 Å². The Kier molecular flexibility index (Phi) is 5.11. The fraction of sp³-hybridized carbons (Fsp3) is 0.182. The summed E-state index contributed by atoms with van der Waals surface area (Å²) in [7, 11) is 0. The average Bonchev–Trinajstić information content (AvgIpc) is 3.03. The number of rotatable bonds is 6. The molecule has 4 nitrogen and oxygen atoms in total. The molecule has 4 rings (SSSR count). The molecule has 27 heavy (non-hydrogen) atoms. The number of ether oxygens (including phenoxy) is 1. The van der Waals surface area contributed by atoms with E-state index in [0.717, 1.165) is 28.0 Å². The molecule has 0 aliphatic heterocycles. The van der Waals surface area contributed by atoms with Gasteiger partial charge in [-0.05, 0) is 0 Å². The molecule has 0 saturated carbocycles. The van der Waals surface area contributed by atoms with E-state index >= 15 is 0 Å². The fourth-order valence-electron chi connectivity index (χ4n) is 3.39. The topological polar surface area (TPSA) is 57.3 Å². The van der Waals surface area contributed by atoms with Crippen LogP contribution in [0, 0.1) is 0 Å². The van der Waals surface area contributed by atoms with E-state index in [1.54, 1.807) is 23.8 Å². The number of aliphatic hydroxyl groups is 1. The molecule has 0 radical (unpaired) electrons. The first-order valence-electron chi connectivity index (χ1n) is 9.07. The zero-order valence-corrected chi connectivity index (χ0v) is 17.6. The number of aromatic nitrogens is 1. The number of para-hydroxylation sites is 2. The maximum absolute atomic E-state index is 9.86. The Hall–Kier alpha value is -2.42. The first-order valence-corrected chi connectivity index (χ1v) is 10.3. The summed E-state index contributed by atoms with van der Waals surface area (Å²) in [6, 6.07) is 20.5. The van der Waals surface area contributed by atoms with Crippen LogP contribution in [0.25, 0.3) is 21.8 Å².